The van der Waals surface area contributed by atoms with Gasteiger partial charge < -0.3 is 10.6 Å². The van der Waals surface area contributed by atoms with Crippen LogP contribution in [0.5, 0.6) is 0 Å². The number of nitrogens with one attached hydrogen (secondary N) is 3. The molecule has 3 heterocycles. The highest BCUT2D eigenvalue weighted by molar-refractivity contribution is 6.08. The maximum atomic E-state index is 13.0. The van der Waals surface area contributed by atoms with Crippen LogP contribution in [0.25, 0.3) is 5.69 Å². The summed E-state index contributed by atoms with van der Waals surface area (Å²) in [5.41, 5.74) is -0.543. The molecule has 0 aliphatic carbocycles. The van der Waals surface area contributed by atoms with Crippen molar-refractivity contribution in [2.75, 3.05) is 6.54 Å². The first-order valence-corrected chi connectivity index (χ1v) is 8.48. The van der Waals surface area contributed by atoms with Crippen LogP contribution in [0.4, 0.5) is 9.18 Å². The van der Waals surface area contributed by atoms with Crippen LogP contribution in [-0.4, -0.2) is 44.4 Å². The number of aromatic nitrogens is 4. The first-order chi connectivity index (χ1) is 14.0. The monoisotopic (exact) mass is 395 g/mol. The number of carbonyl (C=O) groups is 3. The summed E-state index contributed by atoms with van der Waals surface area (Å²) in [5.74, 6) is -1.60. The van der Waals surface area contributed by atoms with Gasteiger partial charge in [-0.1, -0.05) is 0 Å². The van der Waals surface area contributed by atoms with E-state index in [-0.39, 0.29) is 12.2 Å². The number of rotatable bonds is 5. The summed E-state index contributed by atoms with van der Waals surface area (Å²) in [7, 11) is 0. The molecule has 1 fully saturated rings. The molecule has 4 amide bonds. The summed E-state index contributed by atoms with van der Waals surface area (Å²) in [6.07, 6.45) is 4.20. The number of pyridine rings is 1. The molecule has 0 bridgehead atoms. The fourth-order valence-electron chi connectivity index (χ4n) is 2.93. The average Bonchev–Trinajstić information content (AvgIpc) is 3.32. The molecule has 1 aliphatic rings. The first kappa shape index (κ1) is 18.2. The van der Waals surface area contributed by atoms with Gasteiger partial charge in [0, 0.05) is 12.4 Å². The Morgan fingerprint density at radius 3 is 2.52 bits per heavy atom. The molecule has 29 heavy (non-hydrogen) atoms. The predicted molar refractivity (Wildman–Crippen MR) is 96.2 cm³/mol. The standard InChI is InChI=1S/C18H14FN7O3/c19-12-1-3-13(4-2-12)26-22-9-14(25-26)15(27)21-10-18(11-5-7-20-8-6-11)16(28)23-17(29)24-18/h1-9H,10H2,(H,21,27)(H2,23,24,28,29)/t18-/m0/s1. The number of hydrogen-bond donors (Lipinski definition) is 3. The Hall–Kier alpha value is -4.15. The zero-order valence-corrected chi connectivity index (χ0v) is 14.8. The number of carbonyl (C=O) groups excluding carboxylic acids is 3. The van der Waals surface area contributed by atoms with Crippen molar-refractivity contribution in [2.24, 2.45) is 0 Å². The molecule has 3 N–H and O–H groups in total. The molecule has 0 unspecified atom stereocenters. The maximum Gasteiger partial charge on any atom is 0.322 e. The summed E-state index contributed by atoms with van der Waals surface area (Å²) in [6, 6.07) is 7.91. The number of amides is 4. The number of hydrogen-bond acceptors (Lipinski definition) is 6. The Balaban J connectivity index is 1.53. The highest BCUT2D eigenvalue weighted by Crippen LogP contribution is 2.24. The first-order valence-electron chi connectivity index (χ1n) is 8.48. The fourth-order valence-corrected chi connectivity index (χ4v) is 2.93. The maximum absolute atomic E-state index is 13.0. The molecular formula is C18H14FN7O3. The SMILES string of the molecule is O=C1NC(=O)[C@](CNC(=O)c2cnn(-c3ccc(F)cc3)n2)(c2ccncc2)N1. The minimum absolute atomic E-state index is 0.0102. The van der Waals surface area contributed by atoms with Gasteiger partial charge in [-0.15, -0.1) is 5.10 Å². The summed E-state index contributed by atoms with van der Waals surface area (Å²) in [6.45, 7) is -0.211. The molecule has 146 valence electrons. The molecule has 2 aromatic heterocycles. The quantitative estimate of drug-likeness (QED) is 0.532. The smallest absolute Gasteiger partial charge is 0.322 e. The van der Waals surface area contributed by atoms with E-state index in [0.29, 0.717) is 11.3 Å². The van der Waals surface area contributed by atoms with E-state index in [4.69, 9.17) is 0 Å². The Labute approximate surface area is 163 Å². The van der Waals surface area contributed by atoms with Gasteiger partial charge in [-0.2, -0.15) is 9.90 Å². The number of imide groups is 1. The third-order valence-electron chi connectivity index (χ3n) is 4.41. The summed E-state index contributed by atoms with van der Waals surface area (Å²) in [4.78, 5) is 41.8. The van der Waals surface area contributed by atoms with E-state index in [1.165, 1.54) is 47.7 Å². The van der Waals surface area contributed by atoms with Gasteiger partial charge >= 0.3 is 6.03 Å². The number of halogens is 1. The van der Waals surface area contributed by atoms with E-state index >= 15 is 0 Å². The zero-order chi connectivity index (χ0) is 20.4. The lowest BCUT2D eigenvalue weighted by Gasteiger charge is -2.26. The zero-order valence-electron chi connectivity index (χ0n) is 14.8. The molecule has 0 radical (unpaired) electrons. The van der Waals surface area contributed by atoms with E-state index in [1.54, 1.807) is 12.1 Å². The molecule has 11 heteroatoms. The van der Waals surface area contributed by atoms with Crippen LogP contribution in [-0.2, 0) is 10.3 Å². The Morgan fingerprint density at radius 2 is 1.86 bits per heavy atom. The van der Waals surface area contributed by atoms with Crippen LogP contribution in [0.3, 0.4) is 0 Å². The van der Waals surface area contributed by atoms with Crippen LogP contribution in [0.1, 0.15) is 16.1 Å². The highest BCUT2D eigenvalue weighted by atomic mass is 19.1. The van der Waals surface area contributed by atoms with Crippen molar-refractivity contribution >= 4 is 17.8 Å². The molecule has 1 saturated heterocycles. The van der Waals surface area contributed by atoms with E-state index < -0.39 is 29.2 Å². The third-order valence-corrected chi connectivity index (χ3v) is 4.41. The minimum Gasteiger partial charge on any atom is -0.347 e. The van der Waals surface area contributed by atoms with Gasteiger partial charge in [0.15, 0.2) is 11.2 Å². The number of urea groups is 1. The lowest BCUT2D eigenvalue weighted by molar-refractivity contribution is -0.124. The fraction of sp³-hybridized carbons (Fsp3) is 0.111. The summed E-state index contributed by atoms with van der Waals surface area (Å²) in [5, 5.41) is 15.4. The Kier molecular flexibility index (Phi) is 4.47. The number of benzene rings is 1. The molecule has 1 aromatic carbocycles. The molecule has 0 spiro atoms. The molecule has 3 aromatic rings. The van der Waals surface area contributed by atoms with Gasteiger partial charge in [-0.25, -0.2) is 9.18 Å². The van der Waals surface area contributed by atoms with Gasteiger partial charge in [0.1, 0.15) is 5.82 Å². The van der Waals surface area contributed by atoms with E-state index in [1.807, 2.05) is 0 Å². The van der Waals surface area contributed by atoms with Crippen LogP contribution in [0.2, 0.25) is 0 Å². The molecule has 4 rings (SSSR count). The van der Waals surface area contributed by atoms with Crippen molar-refractivity contribution in [3.63, 3.8) is 0 Å². The van der Waals surface area contributed by atoms with E-state index in [9.17, 15) is 18.8 Å². The van der Waals surface area contributed by atoms with Crippen LogP contribution >= 0.6 is 0 Å². The van der Waals surface area contributed by atoms with Crippen molar-refractivity contribution in [2.45, 2.75) is 5.54 Å². The number of nitrogens with zero attached hydrogens (tertiary/aromatic N) is 4. The molecule has 1 aliphatic heterocycles. The van der Waals surface area contributed by atoms with Gasteiger partial charge in [-0.3, -0.25) is 19.9 Å². The molecule has 0 saturated carbocycles. The van der Waals surface area contributed by atoms with Gasteiger partial charge in [0.05, 0.1) is 18.4 Å². The summed E-state index contributed by atoms with van der Waals surface area (Å²) >= 11 is 0. The van der Waals surface area contributed by atoms with Crippen molar-refractivity contribution in [3.8, 4) is 5.69 Å². The molecule has 10 nitrogen and oxygen atoms in total. The lowest BCUT2D eigenvalue weighted by Crippen LogP contribution is -2.52. The Bertz CT molecular complexity index is 1080. The van der Waals surface area contributed by atoms with Crippen molar-refractivity contribution in [3.05, 3.63) is 72.1 Å². The second kappa shape index (κ2) is 7.11. The largest absolute Gasteiger partial charge is 0.347 e. The van der Waals surface area contributed by atoms with E-state index in [0.717, 1.165) is 0 Å². The molecule has 1 atom stereocenters. The molecular weight excluding hydrogens is 381 g/mol. The lowest BCUT2D eigenvalue weighted by atomic mass is 9.90. The van der Waals surface area contributed by atoms with Crippen molar-refractivity contribution in [1.82, 2.24) is 35.9 Å². The van der Waals surface area contributed by atoms with Crippen LogP contribution < -0.4 is 16.0 Å². The Morgan fingerprint density at radius 1 is 1.14 bits per heavy atom. The second-order valence-corrected chi connectivity index (χ2v) is 6.23. The van der Waals surface area contributed by atoms with Crippen molar-refractivity contribution in [1.29, 1.82) is 0 Å². The second-order valence-electron chi connectivity index (χ2n) is 6.23. The van der Waals surface area contributed by atoms with Crippen LogP contribution in [0.15, 0.2) is 55.0 Å². The topological polar surface area (TPSA) is 131 Å². The van der Waals surface area contributed by atoms with Gasteiger partial charge in [0.2, 0.25) is 0 Å². The average molecular weight is 395 g/mol. The van der Waals surface area contributed by atoms with Crippen molar-refractivity contribution < 1.29 is 18.8 Å². The minimum atomic E-state index is -1.47. The normalized spacial score (nSPS) is 18.2. The van der Waals surface area contributed by atoms with E-state index in [2.05, 4.69) is 31.1 Å². The van der Waals surface area contributed by atoms with Gasteiger partial charge in [-0.05, 0) is 42.0 Å². The predicted octanol–water partition coefficient (Wildman–Crippen LogP) is 0.266. The van der Waals surface area contributed by atoms with Gasteiger partial charge in [0.25, 0.3) is 11.8 Å². The van der Waals surface area contributed by atoms with Crippen LogP contribution in [0, 0.1) is 5.82 Å². The summed E-state index contributed by atoms with van der Waals surface area (Å²) < 4.78 is 13.0. The highest BCUT2D eigenvalue weighted by Gasteiger charge is 2.48. The third kappa shape index (κ3) is 3.40.